The zero-order chi connectivity index (χ0) is 11.1. The minimum Gasteiger partial charge on any atom is -0.349 e. The van der Waals surface area contributed by atoms with E-state index in [1.165, 1.54) is 0 Å². The molecule has 0 fully saturated rings. The molecule has 0 saturated heterocycles. The summed E-state index contributed by atoms with van der Waals surface area (Å²) < 4.78 is 0. The van der Waals surface area contributed by atoms with Crippen molar-refractivity contribution in [1.29, 1.82) is 0 Å². The Morgan fingerprint density at radius 2 is 2.07 bits per heavy atom. The first-order chi connectivity index (χ1) is 6.51. The lowest BCUT2D eigenvalue weighted by atomic mass is 10.1. The first kappa shape index (κ1) is 13.4. The van der Waals surface area contributed by atoms with E-state index in [2.05, 4.69) is 19.2 Å². The van der Waals surface area contributed by atoms with Crippen LogP contribution in [0.2, 0.25) is 0 Å². The average Bonchev–Trinajstić information content (AvgIpc) is 2.16. The zero-order valence-electron chi connectivity index (χ0n) is 9.71. The van der Waals surface area contributed by atoms with Crippen LogP contribution in [0.3, 0.4) is 0 Å². The fourth-order valence-corrected chi connectivity index (χ4v) is 1.12. The number of nitrogens with one attached hydrogen (secondary N) is 1. The molecular formula is C10H23N3O. The highest BCUT2D eigenvalue weighted by atomic mass is 16.2. The van der Waals surface area contributed by atoms with Gasteiger partial charge in [0.15, 0.2) is 0 Å². The van der Waals surface area contributed by atoms with Crippen LogP contribution in [0.1, 0.15) is 26.7 Å². The monoisotopic (exact) mass is 201 g/mol. The van der Waals surface area contributed by atoms with E-state index in [1.54, 1.807) is 19.0 Å². The van der Waals surface area contributed by atoms with E-state index in [9.17, 15) is 4.79 Å². The maximum atomic E-state index is 11.4. The van der Waals surface area contributed by atoms with E-state index in [0.717, 1.165) is 6.42 Å². The molecule has 2 unspecified atom stereocenters. The summed E-state index contributed by atoms with van der Waals surface area (Å²) in [5.74, 6) is 0.122. The number of amides is 1. The number of carbonyl (C=O) groups is 1. The van der Waals surface area contributed by atoms with E-state index >= 15 is 0 Å². The number of nitrogens with zero attached hydrogens (tertiary/aromatic N) is 1. The zero-order valence-corrected chi connectivity index (χ0v) is 9.71. The summed E-state index contributed by atoms with van der Waals surface area (Å²) >= 11 is 0. The molecule has 0 saturated carbocycles. The Bertz CT molecular complexity index is 171. The highest BCUT2D eigenvalue weighted by molar-refractivity contribution is 5.76. The van der Waals surface area contributed by atoms with Gasteiger partial charge in [0.1, 0.15) is 0 Å². The summed E-state index contributed by atoms with van der Waals surface area (Å²) in [6.07, 6.45) is 1.53. The van der Waals surface area contributed by atoms with Crippen molar-refractivity contribution in [3.63, 3.8) is 0 Å². The lowest BCUT2D eigenvalue weighted by molar-refractivity contribution is -0.129. The van der Waals surface area contributed by atoms with Gasteiger partial charge in [0.2, 0.25) is 5.91 Å². The van der Waals surface area contributed by atoms with Crippen LogP contribution < -0.4 is 11.1 Å². The van der Waals surface area contributed by atoms with E-state index in [4.69, 9.17) is 5.73 Å². The molecule has 0 spiro atoms. The van der Waals surface area contributed by atoms with E-state index in [-0.39, 0.29) is 11.9 Å². The van der Waals surface area contributed by atoms with Crippen molar-refractivity contribution in [3.8, 4) is 0 Å². The number of hydrogen-bond donors (Lipinski definition) is 2. The van der Waals surface area contributed by atoms with Crippen molar-refractivity contribution in [1.82, 2.24) is 10.2 Å². The third-order valence-corrected chi connectivity index (χ3v) is 2.34. The molecule has 1 amide bonds. The van der Waals surface area contributed by atoms with Crippen molar-refractivity contribution in [3.05, 3.63) is 0 Å². The van der Waals surface area contributed by atoms with Gasteiger partial charge in [-0.15, -0.1) is 0 Å². The van der Waals surface area contributed by atoms with Crippen LogP contribution >= 0.6 is 0 Å². The molecule has 0 aliphatic rings. The van der Waals surface area contributed by atoms with Gasteiger partial charge in [-0.3, -0.25) is 4.79 Å². The van der Waals surface area contributed by atoms with E-state index in [0.29, 0.717) is 19.0 Å². The van der Waals surface area contributed by atoms with Crippen LogP contribution in [0.15, 0.2) is 0 Å². The normalized spacial score (nSPS) is 14.9. The number of nitrogens with two attached hydrogens (primary N) is 1. The molecule has 0 rings (SSSR count). The molecular weight excluding hydrogens is 178 g/mol. The van der Waals surface area contributed by atoms with Crippen molar-refractivity contribution in [2.75, 3.05) is 20.6 Å². The molecule has 0 bridgehead atoms. The van der Waals surface area contributed by atoms with Gasteiger partial charge in [0.25, 0.3) is 0 Å². The van der Waals surface area contributed by atoms with Crippen LogP contribution in [0.25, 0.3) is 0 Å². The molecule has 0 radical (unpaired) electrons. The Kier molecular flexibility index (Phi) is 6.49. The van der Waals surface area contributed by atoms with Crippen LogP contribution in [0.4, 0.5) is 0 Å². The van der Waals surface area contributed by atoms with Crippen LogP contribution in [0, 0.1) is 0 Å². The quantitative estimate of drug-likeness (QED) is 0.644. The van der Waals surface area contributed by atoms with Crippen molar-refractivity contribution < 1.29 is 4.79 Å². The van der Waals surface area contributed by atoms with Crippen LogP contribution in [-0.2, 0) is 4.79 Å². The summed E-state index contributed by atoms with van der Waals surface area (Å²) in [6.45, 7) is 4.71. The van der Waals surface area contributed by atoms with Crippen molar-refractivity contribution in [2.45, 2.75) is 38.8 Å². The Morgan fingerprint density at radius 3 is 2.43 bits per heavy atom. The average molecular weight is 201 g/mol. The van der Waals surface area contributed by atoms with E-state index in [1.807, 2.05) is 0 Å². The maximum absolute atomic E-state index is 11.4. The highest BCUT2D eigenvalue weighted by Gasteiger charge is 2.14. The number of rotatable bonds is 6. The lowest BCUT2D eigenvalue weighted by Crippen LogP contribution is -2.44. The summed E-state index contributed by atoms with van der Waals surface area (Å²) in [4.78, 5) is 13.0. The molecule has 0 aliphatic heterocycles. The molecule has 0 aromatic heterocycles. The van der Waals surface area contributed by atoms with Crippen molar-refractivity contribution in [2.24, 2.45) is 5.73 Å². The van der Waals surface area contributed by atoms with E-state index < -0.39 is 0 Å². The summed E-state index contributed by atoms with van der Waals surface area (Å²) in [6, 6.07) is 0.512. The third kappa shape index (κ3) is 5.19. The summed E-state index contributed by atoms with van der Waals surface area (Å²) in [5.41, 5.74) is 5.59. The largest absolute Gasteiger partial charge is 0.349 e. The first-order valence-corrected chi connectivity index (χ1v) is 5.17. The molecule has 0 aromatic carbocycles. The molecule has 0 heterocycles. The molecule has 4 heteroatoms. The minimum atomic E-state index is 0.0971. The lowest BCUT2D eigenvalue weighted by Gasteiger charge is -2.22. The topological polar surface area (TPSA) is 58.4 Å². The molecule has 2 atom stereocenters. The maximum Gasteiger partial charge on any atom is 0.223 e. The first-order valence-electron chi connectivity index (χ1n) is 5.17. The molecule has 3 N–H and O–H groups in total. The van der Waals surface area contributed by atoms with Crippen LogP contribution in [0.5, 0.6) is 0 Å². The second kappa shape index (κ2) is 6.79. The number of carbonyl (C=O) groups excluding carboxylic acids is 1. The summed E-state index contributed by atoms with van der Waals surface area (Å²) in [7, 11) is 3.53. The molecule has 14 heavy (non-hydrogen) atoms. The highest BCUT2D eigenvalue weighted by Crippen LogP contribution is 1.98. The van der Waals surface area contributed by atoms with Gasteiger partial charge in [0.05, 0.1) is 0 Å². The van der Waals surface area contributed by atoms with Gasteiger partial charge in [0, 0.05) is 39.1 Å². The Labute approximate surface area is 86.8 Å². The second-order valence-corrected chi connectivity index (χ2v) is 3.90. The standard InChI is InChI=1S/C10H23N3O/c1-5-8(2)12-9(7-11)6-10(14)13(3)4/h8-9,12H,5-7,11H2,1-4H3. The van der Waals surface area contributed by atoms with Gasteiger partial charge in [-0.2, -0.15) is 0 Å². The van der Waals surface area contributed by atoms with Crippen molar-refractivity contribution >= 4 is 5.91 Å². The van der Waals surface area contributed by atoms with Gasteiger partial charge < -0.3 is 16.0 Å². The van der Waals surface area contributed by atoms with Crippen LogP contribution in [-0.4, -0.2) is 43.5 Å². The number of hydrogen-bond acceptors (Lipinski definition) is 3. The Balaban J connectivity index is 3.96. The Morgan fingerprint density at radius 1 is 1.50 bits per heavy atom. The van der Waals surface area contributed by atoms with Gasteiger partial charge in [-0.05, 0) is 13.3 Å². The third-order valence-electron chi connectivity index (χ3n) is 2.34. The fraction of sp³-hybridized carbons (Fsp3) is 0.900. The SMILES string of the molecule is CCC(C)NC(CN)CC(=O)N(C)C. The molecule has 0 aromatic rings. The predicted molar refractivity (Wildman–Crippen MR) is 59.0 cm³/mol. The predicted octanol–water partition coefficient (Wildman–Crippen LogP) is 0.180. The molecule has 4 nitrogen and oxygen atoms in total. The van der Waals surface area contributed by atoms with Gasteiger partial charge in [-0.25, -0.2) is 0 Å². The van der Waals surface area contributed by atoms with Gasteiger partial charge in [-0.1, -0.05) is 6.92 Å². The molecule has 0 aliphatic carbocycles. The fourth-order valence-electron chi connectivity index (χ4n) is 1.12. The Hall–Kier alpha value is -0.610. The summed E-state index contributed by atoms with van der Waals surface area (Å²) in [5, 5.41) is 3.33. The molecule has 84 valence electrons. The second-order valence-electron chi connectivity index (χ2n) is 3.90. The van der Waals surface area contributed by atoms with Gasteiger partial charge >= 0.3 is 0 Å². The minimum absolute atomic E-state index is 0.0971. The smallest absolute Gasteiger partial charge is 0.223 e.